The number of piperidine rings is 1. The van der Waals surface area contributed by atoms with Gasteiger partial charge in [-0.1, -0.05) is 6.92 Å². The number of carbonyl (C=O) groups excluding carboxylic acids is 3. The minimum atomic E-state index is -0.684. The molecule has 3 N–H and O–H groups in total. The van der Waals surface area contributed by atoms with E-state index in [4.69, 9.17) is 5.73 Å². The molecule has 0 spiro atoms. The summed E-state index contributed by atoms with van der Waals surface area (Å²) in [6, 6.07) is 1.12. The highest BCUT2D eigenvalue weighted by Gasteiger charge is 2.56. The molecule has 0 unspecified atom stereocenters. The predicted molar refractivity (Wildman–Crippen MR) is 115 cm³/mol. The number of aromatic nitrogens is 3. The molecular formula is C22H27FN6O3. The Bertz CT molecular complexity index is 1140. The smallest absolute Gasteiger partial charge is 0.269 e. The van der Waals surface area contributed by atoms with Crippen LogP contribution in [0.4, 0.5) is 4.39 Å². The van der Waals surface area contributed by atoms with Gasteiger partial charge in [0.25, 0.3) is 5.91 Å². The summed E-state index contributed by atoms with van der Waals surface area (Å²) in [7, 11) is 0. The van der Waals surface area contributed by atoms with Crippen molar-refractivity contribution in [3.8, 4) is 0 Å². The molecule has 32 heavy (non-hydrogen) atoms. The average molecular weight is 442 g/mol. The molecule has 2 aromatic rings. The first-order chi connectivity index (χ1) is 15.2. The lowest BCUT2D eigenvalue weighted by Crippen LogP contribution is -2.49. The lowest BCUT2D eigenvalue weighted by Gasteiger charge is -2.27. The van der Waals surface area contributed by atoms with Gasteiger partial charge in [0.05, 0.1) is 18.3 Å². The number of rotatable bonds is 7. The molecule has 1 saturated carbocycles. The van der Waals surface area contributed by atoms with Crippen LogP contribution in [0.2, 0.25) is 0 Å². The Labute approximate surface area is 184 Å². The molecule has 1 aliphatic heterocycles. The number of fused-ring (bicyclic) bond motifs is 2. The number of nitrogens with zero attached hydrogens (tertiary/aromatic N) is 4. The van der Waals surface area contributed by atoms with Gasteiger partial charge < -0.3 is 16.0 Å². The van der Waals surface area contributed by atoms with E-state index < -0.39 is 11.9 Å². The lowest BCUT2D eigenvalue weighted by molar-refractivity contribution is -0.140. The van der Waals surface area contributed by atoms with Crippen LogP contribution in [-0.2, 0) is 22.6 Å². The molecule has 3 heterocycles. The number of amides is 3. The largest absolute Gasteiger partial charge is 0.364 e. The summed E-state index contributed by atoms with van der Waals surface area (Å²) in [5.41, 5.74) is 7.39. The summed E-state index contributed by atoms with van der Waals surface area (Å²) in [6.07, 6.45) is 3.68. The van der Waals surface area contributed by atoms with Crippen molar-refractivity contribution in [1.82, 2.24) is 25.0 Å². The van der Waals surface area contributed by atoms with Crippen molar-refractivity contribution in [2.45, 2.75) is 58.7 Å². The first-order valence-electron chi connectivity index (χ1n) is 10.8. The van der Waals surface area contributed by atoms with Gasteiger partial charge >= 0.3 is 0 Å². The Morgan fingerprint density at radius 1 is 1.28 bits per heavy atom. The summed E-state index contributed by atoms with van der Waals surface area (Å²) in [5.74, 6) is -1.43. The number of hydrogen-bond acceptors (Lipinski definition) is 5. The van der Waals surface area contributed by atoms with E-state index in [1.165, 1.54) is 4.68 Å². The number of likely N-dealkylation sites (tertiary alicyclic amines) is 1. The van der Waals surface area contributed by atoms with Gasteiger partial charge in [0.15, 0.2) is 5.69 Å². The molecule has 0 aromatic carbocycles. The minimum absolute atomic E-state index is 0.00815. The number of carbonyl (C=O) groups is 3. The van der Waals surface area contributed by atoms with Crippen LogP contribution < -0.4 is 11.1 Å². The van der Waals surface area contributed by atoms with Crippen molar-refractivity contribution < 1.29 is 18.8 Å². The third-order valence-corrected chi connectivity index (χ3v) is 6.23. The maximum absolute atomic E-state index is 13.8. The fraction of sp³-hybridized carbons (Fsp3) is 0.500. The maximum atomic E-state index is 13.8. The van der Waals surface area contributed by atoms with Crippen molar-refractivity contribution in [2.75, 3.05) is 6.54 Å². The van der Waals surface area contributed by atoms with Crippen molar-refractivity contribution >= 4 is 28.6 Å². The number of hydrogen-bond donors (Lipinski definition) is 2. The summed E-state index contributed by atoms with van der Waals surface area (Å²) in [6.45, 7) is 4.88. The molecule has 3 amide bonds. The van der Waals surface area contributed by atoms with Crippen molar-refractivity contribution in [3.05, 3.63) is 35.1 Å². The van der Waals surface area contributed by atoms with Gasteiger partial charge in [-0.15, -0.1) is 0 Å². The summed E-state index contributed by atoms with van der Waals surface area (Å²) in [5, 5.41) is 7.41. The fourth-order valence-corrected chi connectivity index (χ4v) is 4.33. The quantitative estimate of drug-likeness (QED) is 0.672. The Morgan fingerprint density at radius 3 is 2.69 bits per heavy atom. The van der Waals surface area contributed by atoms with Gasteiger partial charge in [-0.25, -0.2) is 4.39 Å². The topological polar surface area (TPSA) is 123 Å². The zero-order valence-corrected chi connectivity index (χ0v) is 18.4. The molecule has 0 bridgehead atoms. The summed E-state index contributed by atoms with van der Waals surface area (Å²) < 4.78 is 15.2. The Balaban J connectivity index is 1.55. The van der Waals surface area contributed by atoms with Crippen LogP contribution in [0.25, 0.3) is 10.9 Å². The molecule has 9 nitrogen and oxygen atoms in total. The molecule has 2 fully saturated rings. The van der Waals surface area contributed by atoms with Crippen LogP contribution in [0, 0.1) is 5.92 Å². The van der Waals surface area contributed by atoms with Crippen LogP contribution in [0.15, 0.2) is 23.7 Å². The molecule has 2 aliphatic rings. The predicted octanol–water partition coefficient (Wildman–Crippen LogP) is 1.46. The normalized spacial score (nSPS) is 21.4. The van der Waals surface area contributed by atoms with Gasteiger partial charge in [-0.3, -0.25) is 24.0 Å². The van der Waals surface area contributed by atoms with Gasteiger partial charge in [-0.05, 0) is 50.7 Å². The average Bonchev–Trinajstić information content (AvgIpc) is 3.27. The molecule has 4 rings (SSSR count). The van der Waals surface area contributed by atoms with Crippen molar-refractivity contribution in [2.24, 2.45) is 11.7 Å². The third kappa shape index (κ3) is 3.96. The number of primary amides is 1. The number of pyridine rings is 1. The van der Waals surface area contributed by atoms with E-state index >= 15 is 0 Å². The molecule has 3 atom stereocenters. The fourth-order valence-electron chi connectivity index (χ4n) is 4.33. The van der Waals surface area contributed by atoms with Crippen LogP contribution in [0.5, 0.6) is 0 Å². The molecule has 170 valence electrons. The standard InChI is InChI=1S/C22H27FN6O3/c1-4-13-7-14-18(9-25-13)28(27-20(14)21(24)31)10-19(30)29-16-5-12(16)6-17(29)22(32)26-8-15(23)11(2)3/h7,9,12,16-17H,4-6,8,10H2,1-3H3,(H2,24,31)(H,26,32)/t12-,16-,17+/m1/s1. The van der Waals surface area contributed by atoms with E-state index in [0.29, 0.717) is 29.3 Å². The van der Waals surface area contributed by atoms with Crippen LogP contribution in [0.1, 0.15) is 49.8 Å². The second-order valence-electron chi connectivity index (χ2n) is 8.66. The zero-order chi connectivity index (χ0) is 23.2. The van der Waals surface area contributed by atoms with Gasteiger partial charge in [0, 0.05) is 17.1 Å². The molecular weight excluding hydrogens is 415 g/mol. The first kappa shape index (κ1) is 21.9. The van der Waals surface area contributed by atoms with E-state index in [0.717, 1.165) is 12.1 Å². The van der Waals surface area contributed by atoms with Crippen LogP contribution in [0.3, 0.4) is 0 Å². The number of aryl methyl sites for hydroxylation is 1. The Kier molecular flexibility index (Phi) is 5.70. The number of nitrogens with one attached hydrogen (secondary N) is 1. The SMILES string of the molecule is CCc1cc2c(C(N)=O)nn(CC(=O)N3[C@@H]4C[C@@H]4C[C@H]3C(=O)NCC(F)=C(C)C)c2cn1. The highest BCUT2D eigenvalue weighted by molar-refractivity contribution is 6.04. The zero-order valence-electron chi connectivity index (χ0n) is 18.4. The number of nitrogens with two attached hydrogens (primary N) is 1. The molecule has 2 aromatic heterocycles. The molecule has 1 saturated heterocycles. The van der Waals surface area contributed by atoms with E-state index in [-0.39, 0.29) is 48.4 Å². The van der Waals surface area contributed by atoms with E-state index in [1.807, 2.05) is 6.92 Å². The highest BCUT2D eigenvalue weighted by atomic mass is 19.1. The molecule has 10 heteroatoms. The number of allylic oxidation sites excluding steroid dienone is 1. The molecule has 1 aliphatic carbocycles. The highest BCUT2D eigenvalue weighted by Crippen LogP contribution is 2.48. The summed E-state index contributed by atoms with van der Waals surface area (Å²) >= 11 is 0. The van der Waals surface area contributed by atoms with Crippen LogP contribution in [-0.4, -0.2) is 56.0 Å². The summed E-state index contributed by atoms with van der Waals surface area (Å²) in [4.78, 5) is 43.7. The van der Waals surface area contributed by atoms with E-state index in [9.17, 15) is 18.8 Å². The van der Waals surface area contributed by atoms with E-state index in [1.54, 1.807) is 31.0 Å². The van der Waals surface area contributed by atoms with Gasteiger partial charge in [0.1, 0.15) is 18.4 Å². The third-order valence-electron chi connectivity index (χ3n) is 6.23. The van der Waals surface area contributed by atoms with Gasteiger partial charge in [-0.2, -0.15) is 5.10 Å². The Morgan fingerprint density at radius 2 is 2.03 bits per heavy atom. The second kappa shape index (κ2) is 8.33. The van der Waals surface area contributed by atoms with Crippen LogP contribution >= 0.6 is 0 Å². The maximum Gasteiger partial charge on any atom is 0.269 e. The minimum Gasteiger partial charge on any atom is -0.364 e. The van der Waals surface area contributed by atoms with Crippen molar-refractivity contribution in [1.29, 1.82) is 0 Å². The van der Waals surface area contributed by atoms with E-state index in [2.05, 4.69) is 15.4 Å². The lowest BCUT2D eigenvalue weighted by atomic mass is 10.1. The monoisotopic (exact) mass is 442 g/mol. The Hall–Kier alpha value is -3.30. The second-order valence-corrected chi connectivity index (χ2v) is 8.66. The van der Waals surface area contributed by atoms with Gasteiger partial charge in [0.2, 0.25) is 11.8 Å². The first-order valence-corrected chi connectivity index (χ1v) is 10.8. The molecule has 0 radical (unpaired) electrons. The number of halogens is 1. The van der Waals surface area contributed by atoms with Crippen molar-refractivity contribution in [3.63, 3.8) is 0 Å².